The number of nitrogens with zero attached hydrogens (tertiary/aromatic N) is 2. The van der Waals surface area contributed by atoms with Crippen LogP contribution in [-0.4, -0.2) is 38.5 Å². The van der Waals surface area contributed by atoms with Crippen molar-refractivity contribution in [1.29, 1.82) is 0 Å². The molecule has 1 aromatic heterocycles. The molecule has 4 aromatic rings. The number of halogens is 2. The highest BCUT2D eigenvalue weighted by Crippen LogP contribution is 2.39. The van der Waals surface area contributed by atoms with Gasteiger partial charge in [-0.2, -0.15) is 0 Å². The van der Waals surface area contributed by atoms with E-state index >= 15 is 0 Å². The van der Waals surface area contributed by atoms with Gasteiger partial charge in [-0.05, 0) is 77.8 Å². The van der Waals surface area contributed by atoms with Crippen molar-refractivity contribution in [2.24, 2.45) is 4.99 Å². The smallest absolute Gasteiger partial charge is 0.338 e. The van der Waals surface area contributed by atoms with E-state index in [1.54, 1.807) is 64.5 Å². The van der Waals surface area contributed by atoms with Crippen LogP contribution in [-0.2, 0) is 16.1 Å². The number of aromatic nitrogens is 1. The molecule has 0 saturated carbocycles. The number of benzene rings is 3. The molecule has 0 aliphatic carbocycles. The largest absolute Gasteiger partial charge is 0.497 e. The fraction of sp³-hybridized carbons (Fsp3) is 0.242. The first kappa shape index (κ1) is 32.3. The molecule has 1 aliphatic heterocycles. The van der Waals surface area contributed by atoms with Crippen LogP contribution in [0.5, 0.6) is 23.0 Å². The minimum atomic E-state index is -0.866. The van der Waals surface area contributed by atoms with E-state index in [4.69, 9.17) is 35.3 Å². The number of hydrogen-bond donors (Lipinski definition) is 0. The van der Waals surface area contributed by atoms with Crippen LogP contribution in [0.4, 0.5) is 0 Å². The number of thiazole rings is 1. The summed E-state index contributed by atoms with van der Waals surface area (Å²) in [5, 5.41) is 0.603. The Kier molecular flexibility index (Phi) is 10.0. The highest BCUT2D eigenvalue weighted by molar-refractivity contribution is 9.10. The first-order valence-corrected chi connectivity index (χ1v) is 15.8. The van der Waals surface area contributed by atoms with Gasteiger partial charge in [0, 0.05) is 16.1 Å². The molecule has 12 heteroatoms. The normalized spacial score (nSPS) is 14.5. The molecule has 45 heavy (non-hydrogen) atoms. The van der Waals surface area contributed by atoms with Crippen molar-refractivity contribution in [2.75, 3.05) is 27.9 Å². The van der Waals surface area contributed by atoms with E-state index in [-0.39, 0.29) is 24.3 Å². The van der Waals surface area contributed by atoms with Gasteiger partial charge < -0.3 is 23.7 Å². The predicted molar refractivity (Wildman–Crippen MR) is 176 cm³/mol. The van der Waals surface area contributed by atoms with Crippen molar-refractivity contribution in [1.82, 2.24) is 4.57 Å². The fourth-order valence-electron chi connectivity index (χ4n) is 5.02. The molecule has 0 saturated heterocycles. The Morgan fingerprint density at radius 2 is 1.82 bits per heavy atom. The molecule has 1 atom stereocenters. The number of fused-ring (bicyclic) bond motifs is 1. The molecule has 0 amide bonds. The van der Waals surface area contributed by atoms with Crippen LogP contribution in [0.3, 0.4) is 0 Å². The Bertz CT molecular complexity index is 1990. The number of carbonyl (C=O) groups is 1. The summed E-state index contributed by atoms with van der Waals surface area (Å²) in [6.07, 6.45) is 1.75. The number of ether oxygens (including phenoxy) is 5. The molecule has 0 bridgehead atoms. The molecule has 0 radical (unpaired) electrons. The molecule has 0 unspecified atom stereocenters. The van der Waals surface area contributed by atoms with E-state index in [9.17, 15) is 9.59 Å². The van der Waals surface area contributed by atoms with Crippen molar-refractivity contribution in [2.45, 2.75) is 26.5 Å². The third kappa shape index (κ3) is 6.51. The fourth-order valence-corrected chi connectivity index (χ4v) is 6.83. The van der Waals surface area contributed by atoms with Gasteiger partial charge in [-0.3, -0.25) is 9.36 Å². The monoisotopic (exact) mass is 712 g/mol. The average molecular weight is 714 g/mol. The zero-order chi connectivity index (χ0) is 32.2. The number of esters is 1. The summed E-state index contributed by atoms with van der Waals surface area (Å²) in [7, 11) is 4.62. The summed E-state index contributed by atoms with van der Waals surface area (Å²) >= 11 is 11.1. The van der Waals surface area contributed by atoms with Crippen molar-refractivity contribution in [3.05, 3.63) is 112 Å². The Balaban J connectivity index is 1.63. The molecule has 1 aliphatic rings. The van der Waals surface area contributed by atoms with Crippen molar-refractivity contribution < 1.29 is 28.5 Å². The lowest BCUT2D eigenvalue weighted by atomic mass is 9.94. The van der Waals surface area contributed by atoms with Gasteiger partial charge in [-0.15, -0.1) is 0 Å². The minimum absolute atomic E-state index is 0.163. The summed E-state index contributed by atoms with van der Waals surface area (Å²) in [4.78, 5) is 32.5. The second-order valence-electron chi connectivity index (χ2n) is 9.82. The average Bonchev–Trinajstić information content (AvgIpc) is 3.33. The van der Waals surface area contributed by atoms with Crippen molar-refractivity contribution in [3.8, 4) is 23.0 Å². The van der Waals surface area contributed by atoms with E-state index in [0.717, 1.165) is 5.56 Å². The third-order valence-corrected chi connectivity index (χ3v) is 9.07. The van der Waals surface area contributed by atoms with Crippen LogP contribution >= 0.6 is 38.9 Å². The van der Waals surface area contributed by atoms with Crippen LogP contribution in [0, 0.1) is 0 Å². The van der Waals surface area contributed by atoms with Gasteiger partial charge in [0.15, 0.2) is 16.3 Å². The highest BCUT2D eigenvalue weighted by atomic mass is 79.9. The number of allylic oxidation sites excluding steroid dienone is 1. The Hall–Kier alpha value is -4.06. The van der Waals surface area contributed by atoms with Crippen LogP contribution in [0.25, 0.3) is 6.08 Å². The van der Waals surface area contributed by atoms with E-state index in [2.05, 4.69) is 20.9 Å². The molecule has 0 N–H and O–H groups in total. The summed E-state index contributed by atoms with van der Waals surface area (Å²) < 4.78 is 30.8. The van der Waals surface area contributed by atoms with Gasteiger partial charge in [0.25, 0.3) is 5.56 Å². The Labute approximate surface area is 277 Å². The van der Waals surface area contributed by atoms with Crippen molar-refractivity contribution in [3.63, 3.8) is 0 Å². The van der Waals surface area contributed by atoms with Crippen LogP contribution in [0.1, 0.15) is 36.6 Å². The van der Waals surface area contributed by atoms with Gasteiger partial charge in [0.2, 0.25) is 0 Å². The second-order valence-corrected chi connectivity index (χ2v) is 12.1. The summed E-state index contributed by atoms with van der Waals surface area (Å²) in [5.41, 5.74) is 2.43. The lowest BCUT2D eigenvalue weighted by Gasteiger charge is -2.26. The molecule has 5 rings (SSSR count). The van der Waals surface area contributed by atoms with Gasteiger partial charge in [0.1, 0.15) is 24.1 Å². The first-order valence-electron chi connectivity index (χ1n) is 13.9. The maximum absolute atomic E-state index is 14.1. The Morgan fingerprint density at radius 3 is 2.51 bits per heavy atom. The lowest BCUT2D eigenvalue weighted by molar-refractivity contribution is -0.139. The zero-order valence-electron chi connectivity index (χ0n) is 25.2. The molecule has 9 nitrogen and oxygen atoms in total. The summed E-state index contributed by atoms with van der Waals surface area (Å²) in [6.45, 7) is 3.86. The minimum Gasteiger partial charge on any atom is -0.497 e. The second kappa shape index (κ2) is 13.9. The summed E-state index contributed by atoms with van der Waals surface area (Å²) in [6, 6.07) is 15.4. The quantitative estimate of drug-likeness (QED) is 0.191. The molecular weight excluding hydrogens is 684 g/mol. The van der Waals surface area contributed by atoms with Gasteiger partial charge in [-0.25, -0.2) is 9.79 Å². The van der Waals surface area contributed by atoms with E-state index < -0.39 is 12.0 Å². The van der Waals surface area contributed by atoms with Crippen LogP contribution in [0.2, 0.25) is 5.02 Å². The Morgan fingerprint density at radius 1 is 1.07 bits per heavy atom. The molecule has 2 heterocycles. The first-order chi connectivity index (χ1) is 21.7. The van der Waals surface area contributed by atoms with Crippen molar-refractivity contribution >= 4 is 50.9 Å². The third-order valence-electron chi connectivity index (χ3n) is 7.13. The van der Waals surface area contributed by atoms with Gasteiger partial charge >= 0.3 is 5.97 Å². The number of hydrogen-bond acceptors (Lipinski definition) is 9. The van der Waals surface area contributed by atoms with Crippen LogP contribution < -0.4 is 33.8 Å². The zero-order valence-corrected chi connectivity index (χ0v) is 28.3. The maximum Gasteiger partial charge on any atom is 0.338 e. The predicted octanol–water partition coefficient (Wildman–Crippen LogP) is 5.82. The van der Waals surface area contributed by atoms with E-state index in [1.165, 1.54) is 23.0 Å². The van der Waals surface area contributed by atoms with Gasteiger partial charge in [-0.1, -0.05) is 41.1 Å². The SMILES string of the molecule is CCOC(=O)C1=C(C)N=c2s/c(=C\c3cc(Br)c(OCc4ccccc4Cl)c(OC)c3)c(=O)n2[C@H]1c1cc(OC)ccc1OC. The maximum atomic E-state index is 14.1. The topological polar surface area (TPSA) is 97.6 Å². The van der Waals surface area contributed by atoms with E-state index in [0.29, 0.717) is 58.7 Å². The van der Waals surface area contributed by atoms with Gasteiger partial charge in [0.05, 0.1) is 48.2 Å². The van der Waals surface area contributed by atoms with E-state index in [1.807, 2.05) is 24.3 Å². The number of carbonyl (C=O) groups excluding carboxylic acids is 1. The number of methoxy groups -OCH3 is 3. The van der Waals surface area contributed by atoms with Crippen LogP contribution in [0.15, 0.2) is 80.1 Å². The number of rotatable bonds is 10. The molecule has 3 aromatic carbocycles. The summed E-state index contributed by atoms with van der Waals surface area (Å²) in [5.74, 6) is 1.42. The highest BCUT2D eigenvalue weighted by Gasteiger charge is 2.35. The molecule has 0 spiro atoms. The standard InChI is InChI=1S/C33H30BrClN2O7S/c1-6-43-32(39)28-18(2)36-33-37(29(28)22-16-21(40-3)11-12-25(22)41-4)31(38)27(45-33)15-19-13-23(34)30(26(14-19)42-5)44-17-20-9-7-8-10-24(20)35/h7-16,29H,6,17H2,1-5H3/b27-15-/t29-/m0/s1. The lowest BCUT2D eigenvalue weighted by Crippen LogP contribution is -2.40. The molecule has 0 fully saturated rings. The molecule has 234 valence electrons. The molecular formula is C33H30BrClN2O7S.